The van der Waals surface area contributed by atoms with Gasteiger partial charge in [-0.3, -0.25) is 9.69 Å². The predicted molar refractivity (Wildman–Crippen MR) is 125 cm³/mol. The molecule has 6 nitrogen and oxygen atoms in total. The van der Waals surface area contributed by atoms with Gasteiger partial charge in [-0.05, 0) is 61.4 Å². The summed E-state index contributed by atoms with van der Waals surface area (Å²) < 4.78 is 49.0. The van der Waals surface area contributed by atoms with Gasteiger partial charge in [0.05, 0.1) is 19.3 Å². The Morgan fingerprint density at radius 2 is 1.71 bits per heavy atom. The Bertz CT molecular complexity index is 1040. The van der Waals surface area contributed by atoms with E-state index in [9.17, 15) is 18.0 Å². The maximum atomic E-state index is 13.0. The third-order valence-corrected chi connectivity index (χ3v) is 7.82. The molecular weight excluding hydrogens is 459 g/mol. The normalized spacial score (nSPS) is 23.2. The molecule has 2 saturated heterocycles. The Hall–Kier alpha value is -2.78. The summed E-state index contributed by atoms with van der Waals surface area (Å²) in [7, 11) is 0. The van der Waals surface area contributed by atoms with Crippen molar-refractivity contribution in [2.75, 3.05) is 37.7 Å². The van der Waals surface area contributed by atoms with Gasteiger partial charge in [0.25, 0.3) is 0 Å². The molecule has 2 aliphatic heterocycles. The van der Waals surface area contributed by atoms with Gasteiger partial charge in [-0.25, -0.2) is 0 Å². The summed E-state index contributed by atoms with van der Waals surface area (Å²) in [6.45, 7) is 3.52. The van der Waals surface area contributed by atoms with Crippen LogP contribution in [0.3, 0.4) is 0 Å². The van der Waals surface area contributed by atoms with Crippen molar-refractivity contribution < 1.29 is 27.4 Å². The minimum absolute atomic E-state index is 0.148. The number of hydrogen-bond acceptors (Lipinski definition) is 5. The lowest BCUT2D eigenvalue weighted by Crippen LogP contribution is -2.57. The molecule has 2 aromatic rings. The second kappa shape index (κ2) is 9.35. The zero-order valence-corrected chi connectivity index (χ0v) is 19.5. The van der Waals surface area contributed by atoms with Gasteiger partial charge < -0.3 is 20.1 Å². The minimum atomic E-state index is -4.73. The Balaban J connectivity index is 1.22. The molecule has 35 heavy (non-hydrogen) atoms. The number of ether oxygens (including phenoxy) is 2. The minimum Gasteiger partial charge on any atom is -0.405 e. The van der Waals surface area contributed by atoms with Crippen molar-refractivity contribution >= 4 is 11.6 Å². The summed E-state index contributed by atoms with van der Waals surface area (Å²) >= 11 is 0. The molecule has 1 amide bonds. The van der Waals surface area contributed by atoms with Crippen LogP contribution >= 0.6 is 0 Å². The molecule has 2 aromatic carbocycles. The zero-order chi connectivity index (χ0) is 24.6. The number of piperidine rings is 1. The van der Waals surface area contributed by atoms with Gasteiger partial charge >= 0.3 is 6.36 Å². The van der Waals surface area contributed by atoms with Gasteiger partial charge in [-0.15, -0.1) is 13.2 Å². The molecule has 2 N–H and O–H groups in total. The smallest absolute Gasteiger partial charge is 0.405 e. The first-order valence-corrected chi connectivity index (χ1v) is 12.1. The van der Waals surface area contributed by atoms with Crippen molar-refractivity contribution in [3.63, 3.8) is 0 Å². The standard InChI is InChI=1S/C26H30F3N3O3/c27-26(28,29)35-23-4-2-1-3-21(23)22-17-34-14-13-32(22)20-15-25(16-20)9-11-31(12-10-25)19-7-5-18(6-8-19)24(30)33/h1-8,20,22H,9-17H2,(H2,30,33)/t22-/m0/s1. The van der Waals surface area contributed by atoms with E-state index < -0.39 is 12.3 Å². The van der Waals surface area contributed by atoms with Crippen LogP contribution in [-0.2, 0) is 4.74 Å². The molecule has 2 heterocycles. The highest BCUT2D eigenvalue weighted by atomic mass is 19.4. The van der Waals surface area contributed by atoms with E-state index in [2.05, 4.69) is 14.5 Å². The summed E-state index contributed by atoms with van der Waals surface area (Å²) in [5, 5.41) is 0. The molecule has 1 spiro atoms. The molecule has 188 valence electrons. The quantitative estimate of drug-likeness (QED) is 0.670. The maximum Gasteiger partial charge on any atom is 0.573 e. The van der Waals surface area contributed by atoms with E-state index in [1.807, 2.05) is 12.1 Å². The van der Waals surface area contributed by atoms with Gasteiger partial charge in [0.1, 0.15) is 5.75 Å². The average molecular weight is 490 g/mol. The van der Waals surface area contributed by atoms with E-state index in [1.165, 1.54) is 6.07 Å². The molecule has 1 atom stereocenters. The fourth-order valence-corrected chi connectivity index (χ4v) is 5.95. The number of halogens is 3. The van der Waals surface area contributed by atoms with Crippen molar-refractivity contribution in [3.05, 3.63) is 59.7 Å². The van der Waals surface area contributed by atoms with Crippen LogP contribution in [0.25, 0.3) is 0 Å². The number of morpholine rings is 1. The maximum absolute atomic E-state index is 13.0. The molecule has 0 aromatic heterocycles. The number of carbonyl (C=O) groups is 1. The topological polar surface area (TPSA) is 68.0 Å². The van der Waals surface area contributed by atoms with Crippen molar-refractivity contribution in [1.82, 2.24) is 4.90 Å². The van der Waals surface area contributed by atoms with Crippen LogP contribution in [0, 0.1) is 5.41 Å². The predicted octanol–water partition coefficient (Wildman–Crippen LogP) is 4.51. The third kappa shape index (κ3) is 5.11. The Labute approximate surface area is 202 Å². The number of rotatable bonds is 5. The van der Waals surface area contributed by atoms with Gasteiger partial charge in [0.2, 0.25) is 5.91 Å². The number of nitrogens with zero attached hydrogens (tertiary/aromatic N) is 2. The monoisotopic (exact) mass is 489 g/mol. The van der Waals surface area contributed by atoms with Crippen molar-refractivity contribution in [1.29, 1.82) is 0 Å². The molecule has 5 rings (SSSR count). The fraction of sp³-hybridized carbons (Fsp3) is 0.500. The number of benzene rings is 2. The van der Waals surface area contributed by atoms with Crippen LogP contribution in [0.2, 0.25) is 0 Å². The summed E-state index contributed by atoms with van der Waals surface area (Å²) in [6, 6.07) is 13.9. The molecule has 0 radical (unpaired) electrons. The zero-order valence-electron chi connectivity index (χ0n) is 19.5. The highest BCUT2D eigenvalue weighted by molar-refractivity contribution is 5.93. The van der Waals surface area contributed by atoms with Crippen LogP contribution in [0.1, 0.15) is 47.6 Å². The number of primary amides is 1. The van der Waals surface area contributed by atoms with Crippen LogP contribution in [0.15, 0.2) is 48.5 Å². The Kier molecular flexibility index (Phi) is 6.40. The van der Waals surface area contributed by atoms with E-state index in [4.69, 9.17) is 10.5 Å². The number of carbonyl (C=O) groups excluding carboxylic acids is 1. The first-order valence-electron chi connectivity index (χ1n) is 12.1. The molecule has 0 unspecified atom stereocenters. The molecule has 1 saturated carbocycles. The second-order valence-electron chi connectivity index (χ2n) is 9.87. The van der Waals surface area contributed by atoms with Gasteiger partial charge in [-0.2, -0.15) is 0 Å². The fourth-order valence-electron chi connectivity index (χ4n) is 5.95. The number of para-hydroxylation sites is 1. The van der Waals surface area contributed by atoms with Crippen molar-refractivity contribution in [3.8, 4) is 5.75 Å². The lowest BCUT2D eigenvalue weighted by molar-refractivity contribution is -0.275. The molecule has 9 heteroatoms. The van der Waals surface area contributed by atoms with Gasteiger partial charge in [0, 0.05) is 42.5 Å². The van der Waals surface area contributed by atoms with Gasteiger partial charge in [0.15, 0.2) is 0 Å². The third-order valence-electron chi connectivity index (χ3n) is 7.82. The second-order valence-corrected chi connectivity index (χ2v) is 9.87. The van der Waals surface area contributed by atoms with Crippen molar-refractivity contribution in [2.24, 2.45) is 11.1 Å². The highest BCUT2D eigenvalue weighted by Crippen LogP contribution is 2.53. The van der Waals surface area contributed by atoms with Gasteiger partial charge in [-0.1, -0.05) is 18.2 Å². The van der Waals surface area contributed by atoms with E-state index in [-0.39, 0.29) is 17.2 Å². The van der Waals surface area contributed by atoms with Crippen LogP contribution in [0.5, 0.6) is 5.75 Å². The number of alkyl halides is 3. The summed E-state index contributed by atoms with van der Waals surface area (Å²) in [5.74, 6) is -0.575. The number of amides is 1. The average Bonchev–Trinajstić information content (AvgIpc) is 2.82. The molecule has 3 aliphatic rings. The highest BCUT2D eigenvalue weighted by Gasteiger charge is 2.50. The lowest BCUT2D eigenvalue weighted by Gasteiger charge is -2.57. The number of nitrogens with two attached hydrogens (primary N) is 1. The van der Waals surface area contributed by atoms with E-state index in [0.29, 0.717) is 36.9 Å². The number of anilines is 1. The van der Waals surface area contributed by atoms with Crippen molar-refractivity contribution in [2.45, 2.75) is 44.1 Å². The number of hydrogen-bond donors (Lipinski definition) is 1. The Morgan fingerprint density at radius 1 is 1.03 bits per heavy atom. The first kappa shape index (κ1) is 23.9. The molecule has 3 fully saturated rings. The van der Waals surface area contributed by atoms with Crippen LogP contribution < -0.4 is 15.4 Å². The largest absolute Gasteiger partial charge is 0.573 e. The molecule has 1 aliphatic carbocycles. The van der Waals surface area contributed by atoms with E-state index in [0.717, 1.165) is 44.5 Å². The van der Waals surface area contributed by atoms with Crippen LogP contribution in [-0.4, -0.2) is 56.1 Å². The SMILES string of the molecule is NC(=O)c1ccc(N2CCC3(CC2)CC(N2CCOC[C@H]2c2ccccc2OC(F)(F)F)C3)cc1. The van der Waals surface area contributed by atoms with E-state index in [1.54, 1.807) is 30.3 Å². The summed E-state index contributed by atoms with van der Waals surface area (Å²) in [5.41, 5.74) is 7.74. The van der Waals surface area contributed by atoms with Crippen LogP contribution in [0.4, 0.5) is 18.9 Å². The Morgan fingerprint density at radius 3 is 2.37 bits per heavy atom. The molecule has 0 bridgehead atoms. The summed E-state index contributed by atoms with van der Waals surface area (Å²) in [4.78, 5) is 16.0. The lowest BCUT2D eigenvalue weighted by atomic mass is 9.59. The summed E-state index contributed by atoms with van der Waals surface area (Å²) in [6.07, 6.45) is -0.501. The molecular formula is C26H30F3N3O3. The first-order chi connectivity index (χ1) is 16.7. The van der Waals surface area contributed by atoms with E-state index >= 15 is 0 Å².